The van der Waals surface area contributed by atoms with Gasteiger partial charge in [0, 0.05) is 19.1 Å². The second-order valence-electron chi connectivity index (χ2n) is 5.75. The molecule has 0 saturated carbocycles. The standard InChI is InChI=1S/C15H15N5O2/c1-21-9-3-2-4-10-11(9)12-13(22-10)14(19-15(16)18-12)20-6-7-8(20)5-17-7/h2-4,7-8,17H,5-6H2,1H3,(H2,16,18,19)/t7?,8-/m1/s1. The van der Waals surface area contributed by atoms with E-state index in [9.17, 15) is 0 Å². The van der Waals surface area contributed by atoms with Gasteiger partial charge in [-0.05, 0) is 12.1 Å². The van der Waals surface area contributed by atoms with Gasteiger partial charge in [0.2, 0.25) is 5.95 Å². The van der Waals surface area contributed by atoms with Gasteiger partial charge in [-0.2, -0.15) is 4.98 Å². The number of hydrogen-bond donors (Lipinski definition) is 2. The van der Waals surface area contributed by atoms with Crippen LogP contribution < -0.4 is 20.7 Å². The van der Waals surface area contributed by atoms with E-state index in [2.05, 4.69) is 20.2 Å². The first-order valence-electron chi connectivity index (χ1n) is 7.29. The number of rotatable bonds is 2. The number of aromatic nitrogens is 2. The van der Waals surface area contributed by atoms with Gasteiger partial charge in [-0.3, -0.25) is 0 Å². The number of fused-ring (bicyclic) bond motifs is 4. The monoisotopic (exact) mass is 297 g/mol. The second-order valence-corrected chi connectivity index (χ2v) is 5.75. The van der Waals surface area contributed by atoms with Gasteiger partial charge < -0.3 is 25.1 Å². The van der Waals surface area contributed by atoms with E-state index in [-0.39, 0.29) is 5.95 Å². The Hall–Kier alpha value is -2.54. The highest BCUT2D eigenvalue weighted by Gasteiger charge is 2.47. The smallest absolute Gasteiger partial charge is 0.222 e. The first-order valence-corrected chi connectivity index (χ1v) is 7.29. The van der Waals surface area contributed by atoms with E-state index >= 15 is 0 Å². The van der Waals surface area contributed by atoms with Crippen LogP contribution in [0.2, 0.25) is 0 Å². The number of nitrogens with zero attached hydrogens (tertiary/aromatic N) is 3. The molecule has 22 heavy (non-hydrogen) atoms. The summed E-state index contributed by atoms with van der Waals surface area (Å²) >= 11 is 0. The van der Waals surface area contributed by atoms with Gasteiger partial charge in [0.15, 0.2) is 11.4 Å². The van der Waals surface area contributed by atoms with Gasteiger partial charge in [0.05, 0.1) is 18.5 Å². The van der Waals surface area contributed by atoms with E-state index in [4.69, 9.17) is 14.9 Å². The minimum absolute atomic E-state index is 0.256. The number of piperazine rings is 1. The van der Waals surface area contributed by atoms with Gasteiger partial charge in [0.1, 0.15) is 16.8 Å². The predicted molar refractivity (Wildman–Crippen MR) is 83.2 cm³/mol. The molecule has 2 saturated heterocycles. The lowest BCUT2D eigenvalue weighted by atomic mass is 9.89. The maximum atomic E-state index is 6.02. The van der Waals surface area contributed by atoms with Crippen molar-refractivity contribution in [1.82, 2.24) is 15.3 Å². The molecule has 2 aliphatic rings. The van der Waals surface area contributed by atoms with Crippen LogP contribution in [0.1, 0.15) is 0 Å². The van der Waals surface area contributed by atoms with Crippen molar-refractivity contribution in [3.8, 4) is 5.75 Å². The van der Waals surface area contributed by atoms with Crippen LogP contribution in [0.25, 0.3) is 22.1 Å². The number of furan rings is 1. The van der Waals surface area contributed by atoms with E-state index < -0.39 is 0 Å². The molecule has 112 valence electrons. The molecule has 0 amide bonds. The highest BCUT2D eigenvalue weighted by molar-refractivity contribution is 6.09. The van der Waals surface area contributed by atoms with Crippen molar-refractivity contribution >= 4 is 33.8 Å². The molecule has 0 spiro atoms. The number of nitrogens with two attached hydrogens (primary N) is 1. The van der Waals surface area contributed by atoms with Crippen molar-refractivity contribution in [3.05, 3.63) is 18.2 Å². The molecule has 3 aromatic rings. The molecule has 1 unspecified atom stereocenters. The summed E-state index contributed by atoms with van der Waals surface area (Å²) in [6.45, 7) is 1.89. The molecule has 7 nitrogen and oxygen atoms in total. The Morgan fingerprint density at radius 3 is 3.00 bits per heavy atom. The molecule has 2 aliphatic heterocycles. The summed E-state index contributed by atoms with van der Waals surface area (Å²) in [6, 6.07) is 6.74. The van der Waals surface area contributed by atoms with E-state index in [0.29, 0.717) is 23.2 Å². The summed E-state index contributed by atoms with van der Waals surface area (Å²) in [5.74, 6) is 1.77. The molecule has 2 atom stereocenters. The first-order chi connectivity index (χ1) is 10.8. The Morgan fingerprint density at radius 2 is 2.32 bits per heavy atom. The molecule has 2 aromatic heterocycles. The molecular weight excluding hydrogens is 282 g/mol. The summed E-state index contributed by atoms with van der Waals surface area (Å²) < 4.78 is 11.5. The Bertz CT molecular complexity index is 906. The van der Waals surface area contributed by atoms with E-state index in [1.807, 2.05) is 18.2 Å². The quantitative estimate of drug-likeness (QED) is 0.732. The molecule has 4 heterocycles. The van der Waals surface area contributed by atoms with Crippen LogP contribution in [0.3, 0.4) is 0 Å². The molecular formula is C15H15N5O2. The Labute approximate surface area is 126 Å². The fraction of sp³-hybridized carbons (Fsp3) is 0.333. The summed E-state index contributed by atoms with van der Waals surface area (Å²) in [6.07, 6.45) is 0. The topological polar surface area (TPSA) is 89.4 Å². The van der Waals surface area contributed by atoms with Crippen LogP contribution in [0.15, 0.2) is 22.6 Å². The zero-order valence-corrected chi connectivity index (χ0v) is 12.0. The average Bonchev–Trinajstić information content (AvgIpc) is 2.88. The van der Waals surface area contributed by atoms with Gasteiger partial charge in [-0.15, -0.1) is 0 Å². The number of benzene rings is 1. The van der Waals surface area contributed by atoms with Crippen molar-refractivity contribution in [3.63, 3.8) is 0 Å². The summed E-state index contributed by atoms with van der Waals surface area (Å²) in [5, 5.41) is 4.23. The Morgan fingerprint density at radius 1 is 1.41 bits per heavy atom. The molecule has 0 radical (unpaired) electrons. The predicted octanol–water partition coefficient (Wildman–Crippen LogP) is 1.13. The summed E-state index contributed by atoms with van der Waals surface area (Å²) in [5.41, 5.74) is 8.06. The van der Waals surface area contributed by atoms with Crippen molar-refractivity contribution in [1.29, 1.82) is 0 Å². The van der Waals surface area contributed by atoms with Crippen LogP contribution >= 0.6 is 0 Å². The zero-order valence-electron chi connectivity index (χ0n) is 12.0. The maximum absolute atomic E-state index is 6.02. The summed E-state index contributed by atoms with van der Waals surface area (Å²) in [4.78, 5) is 11.0. The second kappa shape index (κ2) is 4.01. The normalized spacial score (nSPS) is 23.2. The van der Waals surface area contributed by atoms with Crippen molar-refractivity contribution in [2.45, 2.75) is 12.1 Å². The van der Waals surface area contributed by atoms with Gasteiger partial charge in [-0.25, -0.2) is 4.98 Å². The largest absolute Gasteiger partial charge is 0.496 e. The maximum Gasteiger partial charge on any atom is 0.222 e. The lowest BCUT2D eigenvalue weighted by Gasteiger charge is -2.56. The highest BCUT2D eigenvalue weighted by atomic mass is 16.5. The molecule has 0 bridgehead atoms. The highest BCUT2D eigenvalue weighted by Crippen LogP contribution is 2.40. The number of ether oxygens (including phenoxy) is 1. The lowest BCUT2D eigenvalue weighted by molar-refractivity contribution is 0.212. The third kappa shape index (κ3) is 1.38. The van der Waals surface area contributed by atoms with Crippen LogP contribution in [0.4, 0.5) is 11.8 Å². The van der Waals surface area contributed by atoms with Crippen LogP contribution in [0.5, 0.6) is 5.75 Å². The van der Waals surface area contributed by atoms with Crippen molar-refractivity contribution in [2.24, 2.45) is 0 Å². The number of hydrogen-bond acceptors (Lipinski definition) is 7. The fourth-order valence-corrected chi connectivity index (χ4v) is 3.38. The van der Waals surface area contributed by atoms with Crippen LogP contribution in [0, 0.1) is 0 Å². The van der Waals surface area contributed by atoms with Crippen LogP contribution in [-0.4, -0.2) is 42.3 Å². The third-order valence-electron chi connectivity index (χ3n) is 4.64. The average molecular weight is 297 g/mol. The molecule has 7 heteroatoms. The fourth-order valence-electron chi connectivity index (χ4n) is 3.38. The van der Waals surface area contributed by atoms with Crippen molar-refractivity contribution in [2.75, 3.05) is 30.8 Å². The molecule has 0 aliphatic carbocycles. The third-order valence-corrected chi connectivity index (χ3v) is 4.64. The van der Waals surface area contributed by atoms with Crippen LogP contribution in [-0.2, 0) is 0 Å². The van der Waals surface area contributed by atoms with E-state index in [0.717, 1.165) is 35.6 Å². The molecule has 1 aromatic carbocycles. The summed E-state index contributed by atoms with van der Waals surface area (Å²) in [7, 11) is 1.64. The van der Waals surface area contributed by atoms with Gasteiger partial charge in [0.25, 0.3) is 0 Å². The molecule has 2 fully saturated rings. The first kappa shape index (κ1) is 12.0. The zero-order chi connectivity index (χ0) is 14.8. The minimum Gasteiger partial charge on any atom is -0.496 e. The van der Waals surface area contributed by atoms with Gasteiger partial charge in [-0.1, -0.05) is 6.07 Å². The number of nitrogens with one attached hydrogen (secondary N) is 1. The number of anilines is 2. The minimum atomic E-state index is 0.256. The Kier molecular flexibility index (Phi) is 2.20. The molecule has 5 rings (SSSR count). The van der Waals surface area contributed by atoms with E-state index in [1.54, 1.807) is 7.11 Å². The molecule has 3 N–H and O–H groups in total. The van der Waals surface area contributed by atoms with Crippen molar-refractivity contribution < 1.29 is 9.15 Å². The lowest BCUT2D eigenvalue weighted by Crippen LogP contribution is -2.78. The van der Waals surface area contributed by atoms with E-state index in [1.165, 1.54) is 0 Å². The SMILES string of the molecule is COc1cccc2oc3c(N4CC5NC[C@H]54)nc(N)nc3c12. The number of nitrogen functional groups attached to an aromatic ring is 1. The van der Waals surface area contributed by atoms with Gasteiger partial charge >= 0.3 is 0 Å². The Balaban J connectivity index is 1.80. The number of methoxy groups -OCH3 is 1.